The first-order valence-corrected chi connectivity index (χ1v) is 6.13. The molecule has 1 aromatic heterocycles. The number of nitrogens with zero attached hydrogens (tertiary/aromatic N) is 2. The summed E-state index contributed by atoms with van der Waals surface area (Å²) in [5, 5.41) is 0.848. The quantitative estimate of drug-likeness (QED) is 0.439. The highest BCUT2D eigenvalue weighted by molar-refractivity contribution is 7.99. The molecule has 0 aliphatic heterocycles. The van der Waals surface area contributed by atoms with E-state index in [1.807, 2.05) is 6.08 Å². The van der Waals surface area contributed by atoms with Crippen LogP contribution in [0.15, 0.2) is 30.1 Å². The van der Waals surface area contributed by atoms with E-state index >= 15 is 0 Å². The zero-order valence-electron chi connectivity index (χ0n) is 8.85. The van der Waals surface area contributed by atoms with Crippen LogP contribution in [0.3, 0.4) is 0 Å². The van der Waals surface area contributed by atoms with Crippen LogP contribution in [0.2, 0.25) is 0 Å². The molecule has 0 aromatic carbocycles. The van der Waals surface area contributed by atoms with Gasteiger partial charge in [0.15, 0.2) is 5.82 Å². The Bertz CT molecular complexity index is 302. The monoisotopic (exact) mass is 223 g/mol. The number of aromatic nitrogens is 2. The van der Waals surface area contributed by atoms with Crippen molar-refractivity contribution in [3.8, 4) is 0 Å². The summed E-state index contributed by atoms with van der Waals surface area (Å²) in [5.74, 6) is 1.59. The molecule has 0 atom stereocenters. The first kappa shape index (κ1) is 12.0. The van der Waals surface area contributed by atoms with Crippen molar-refractivity contribution in [2.45, 2.75) is 30.7 Å². The lowest BCUT2D eigenvalue weighted by atomic mass is 10.2. The Balaban J connectivity index is 2.15. The van der Waals surface area contributed by atoms with Crippen LogP contribution in [0, 0.1) is 0 Å². The number of nitrogen functional groups attached to an aromatic ring is 1. The van der Waals surface area contributed by atoms with E-state index in [4.69, 9.17) is 5.73 Å². The third kappa shape index (κ3) is 4.83. The summed E-state index contributed by atoms with van der Waals surface area (Å²) in [4.78, 5) is 8.16. The number of thioether (sulfide) groups is 1. The zero-order valence-corrected chi connectivity index (χ0v) is 9.67. The minimum absolute atomic E-state index is 0.536. The molecule has 15 heavy (non-hydrogen) atoms. The molecule has 0 radical (unpaired) electrons. The summed E-state index contributed by atoms with van der Waals surface area (Å²) >= 11 is 1.68. The van der Waals surface area contributed by atoms with Crippen LogP contribution in [0.1, 0.15) is 25.7 Å². The number of hydrogen-bond acceptors (Lipinski definition) is 4. The van der Waals surface area contributed by atoms with Gasteiger partial charge < -0.3 is 5.73 Å². The van der Waals surface area contributed by atoms with Crippen LogP contribution >= 0.6 is 11.8 Å². The number of anilines is 1. The molecule has 1 rings (SSSR count). The van der Waals surface area contributed by atoms with Crippen molar-refractivity contribution < 1.29 is 0 Å². The Morgan fingerprint density at radius 2 is 2.07 bits per heavy atom. The fourth-order valence-corrected chi connectivity index (χ4v) is 2.06. The van der Waals surface area contributed by atoms with Crippen LogP contribution in [-0.4, -0.2) is 15.7 Å². The van der Waals surface area contributed by atoms with E-state index in [9.17, 15) is 0 Å². The van der Waals surface area contributed by atoms with Crippen molar-refractivity contribution in [2.24, 2.45) is 0 Å². The van der Waals surface area contributed by atoms with Gasteiger partial charge in [-0.2, -0.15) is 0 Å². The summed E-state index contributed by atoms with van der Waals surface area (Å²) in [7, 11) is 0. The summed E-state index contributed by atoms with van der Waals surface area (Å²) < 4.78 is 0. The Kier molecular flexibility index (Phi) is 5.85. The first-order valence-electron chi connectivity index (χ1n) is 5.14. The molecule has 0 bridgehead atoms. The maximum Gasteiger partial charge on any atom is 0.156 e. The number of allylic oxidation sites excluding steroid dienone is 1. The SMILES string of the molecule is C=CCCCCCSc1nccnc1N. The maximum atomic E-state index is 5.68. The van der Waals surface area contributed by atoms with Gasteiger partial charge in [-0.3, -0.25) is 0 Å². The van der Waals surface area contributed by atoms with Crippen LogP contribution in [0.5, 0.6) is 0 Å². The standard InChI is InChI=1S/C11H17N3S/c1-2-3-4-5-6-9-15-11-10(12)13-7-8-14-11/h2,7-8H,1,3-6,9H2,(H2,12,13). The van der Waals surface area contributed by atoms with Crippen LogP contribution in [-0.2, 0) is 0 Å². The van der Waals surface area contributed by atoms with E-state index in [0.29, 0.717) is 5.82 Å². The highest BCUT2D eigenvalue weighted by atomic mass is 32.2. The first-order chi connectivity index (χ1) is 7.34. The van der Waals surface area contributed by atoms with Gasteiger partial charge in [0.1, 0.15) is 5.03 Å². The van der Waals surface area contributed by atoms with Gasteiger partial charge in [0.25, 0.3) is 0 Å². The molecule has 0 aliphatic rings. The van der Waals surface area contributed by atoms with E-state index in [-0.39, 0.29) is 0 Å². The fraction of sp³-hybridized carbons (Fsp3) is 0.455. The molecule has 0 amide bonds. The van der Waals surface area contributed by atoms with E-state index in [1.165, 1.54) is 19.3 Å². The molecule has 82 valence electrons. The second-order valence-electron chi connectivity index (χ2n) is 3.23. The van der Waals surface area contributed by atoms with Gasteiger partial charge in [0, 0.05) is 12.4 Å². The fourth-order valence-electron chi connectivity index (χ4n) is 1.18. The lowest BCUT2D eigenvalue weighted by molar-refractivity contribution is 0.735. The van der Waals surface area contributed by atoms with E-state index in [2.05, 4.69) is 16.5 Å². The third-order valence-electron chi connectivity index (χ3n) is 1.98. The molecular formula is C11H17N3S. The van der Waals surface area contributed by atoms with Gasteiger partial charge in [-0.25, -0.2) is 9.97 Å². The number of rotatable bonds is 7. The van der Waals surface area contributed by atoms with Crippen molar-refractivity contribution in [3.63, 3.8) is 0 Å². The van der Waals surface area contributed by atoms with Gasteiger partial charge in [-0.05, 0) is 25.0 Å². The van der Waals surface area contributed by atoms with Crippen molar-refractivity contribution in [1.82, 2.24) is 9.97 Å². The highest BCUT2D eigenvalue weighted by Gasteiger charge is 2.00. The molecule has 0 fully saturated rings. The predicted molar refractivity (Wildman–Crippen MR) is 65.8 cm³/mol. The molecule has 4 heteroatoms. The molecule has 0 saturated heterocycles. The highest BCUT2D eigenvalue weighted by Crippen LogP contribution is 2.21. The molecule has 0 aliphatic carbocycles. The zero-order chi connectivity index (χ0) is 10.9. The number of nitrogens with two attached hydrogens (primary N) is 1. The predicted octanol–water partition coefficient (Wildman–Crippen LogP) is 2.90. The minimum atomic E-state index is 0.536. The van der Waals surface area contributed by atoms with Gasteiger partial charge in [0.05, 0.1) is 0 Å². The van der Waals surface area contributed by atoms with Crippen molar-refractivity contribution in [1.29, 1.82) is 0 Å². The molecule has 1 heterocycles. The van der Waals surface area contributed by atoms with Gasteiger partial charge in [0.2, 0.25) is 0 Å². The van der Waals surface area contributed by atoms with Crippen LogP contribution in [0.25, 0.3) is 0 Å². The molecule has 1 aromatic rings. The molecule has 0 unspecified atom stereocenters. The summed E-state index contributed by atoms with van der Waals surface area (Å²) in [6.45, 7) is 3.70. The smallest absolute Gasteiger partial charge is 0.156 e. The molecule has 3 nitrogen and oxygen atoms in total. The average Bonchev–Trinajstić information content (AvgIpc) is 2.25. The van der Waals surface area contributed by atoms with Crippen LogP contribution in [0.4, 0.5) is 5.82 Å². The van der Waals surface area contributed by atoms with Crippen molar-refractivity contribution >= 4 is 17.6 Å². The van der Waals surface area contributed by atoms with E-state index in [1.54, 1.807) is 24.2 Å². The Morgan fingerprint density at radius 3 is 2.80 bits per heavy atom. The molecular weight excluding hydrogens is 206 g/mol. The largest absolute Gasteiger partial charge is 0.381 e. The second kappa shape index (κ2) is 7.29. The number of hydrogen-bond donors (Lipinski definition) is 1. The number of unbranched alkanes of at least 4 members (excludes halogenated alkanes) is 3. The van der Waals surface area contributed by atoms with Crippen molar-refractivity contribution in [2.75, 3.05) is 11.5 Å². The maximum absolute atomic E-state index is 5.68. The Hall–Kier alpha value is -1.03. The van der Waals surface area contributed by atoms with E-state index in [0.717, 1.165) is 17.2 Å². The molecule has 0 saturated carbocycles. The second-order valence-corrected chi connectivity index (χ2v) is 4.32. The van der Waals surface area contributed by atoms with Crippen LogP contribution < -0.4 is 5.73 Å². The van der Waals surface area contributed by atoms with Crippen molar-refractivity contribution in [3.05, 3.63) is 25.0 Å². The van der Waals surface area contributed by atoms with Gasteiger partial charge in [-0.1, -0.05) is 12.5 Å². The topological polar surface area (TPSA) is 51.8 Å². The third-order valence-corrected chi connectivity index (χ3v) is 3.06. The lowest BCUT2D eigenvalue weighted by Crippen LogP contribution is -1.95. The summed E-state index contributed by atoms with van der Waals surface area (Å²) in [6, 6.07) is 0. The summed E-state index contributed by atoms with van der Waals surface area (Å²) in [6.07, 6.45) is 10.0. The lowest BCUT2D eigenvalue weighted by Gasteiger charge is -2.02. The Labute approximate surface area is 95.2 Å². The van der Waals surface area contributed by atoms with Gasteiger partial charge >= 0.3 is 0 Å². The molecule has 0 spiro atoms. The normalized spacial score (nSPS) is 10.1. The minimum Gasteiger partial charge on any atom is -0.381 e. The van der Waals surface area contributed by atoms with Gasteiger partial charge in [-0.15, -0.1) is 18.3 Å². The summed E-state index contributed by atoms with van der Waals surface area (Å²) in [5.41, 5.74) is 5.68. The van der Waals surface area contributed by atoms with E-state index < -0.39 is 0 Å². The Morgan fingerprint density at radius 1 is 1.27 bits per heavy atom. The average molecular weight is 223 g/mol. The molecule has 2 N–H and O–H groups in total.